The number of anilines is 1. The summed E-state index contributed by atoms with van der Waals surface area (Å²) in [6.07, 6.45) is 0. The van der Waals surface area contributed by atoms with E-state index in [1.165, 1.54) is 0 Å². The zero-order valence-electron chi connectivity index (χ0n) is 8.44. The van der Waals surface area contributed by atoms with E-state index in [1.807, 2.05) is 65.9 Å². The molecular weight excluding hydrogens is 305 g/mol. The Hall–Kier alpha value is -1.11. The minimum atomic E-state index is 0.555. The van der Waals surface area contributed by atoms with Crippen LogP contribution in [0.4, 0.5) is 5.69 Å². The van der Waals surface area contributed by atoms with Crippen LogP contribution < -0.4 is 4.90 Å². The normalized spacial score (nSPS) is 10.3. The molecular formula is C10H10IN3O. The standard InChI is InChI=1S/C10H10IN3O/c1-14(2)8-5-3-7(4-6-8)9-12-13-10(11)15-9/h3-6H,1-2H3. The minimum absolute atomic E-state index is 0.555. The van der Waals surface area contributed by atoms with Gasteiger partial charge >= 0.3 is 0 Å². The van der Waals surface area contributed by atoms with E-state index in [0.717, 1.165) is 11.3 Å². The molecule has 2 aromatic rings. The van der Waals surface area contributed by atoms with E-state index in [-0.39, 0.29) is 0 Å². The molecule has 0 bridgehead atoms. The number of hydrogen-bond acceptors (Lipinski definition) is 4. The first-order valence-electron chi connectivity index (χ1n) is 4.43. The Balaban J connectivity index is 2.31. The maximum atomic E-state index is 5.32. The first-order chi connectivity index (χ1) is 7.16. The summed E-state index contributed by atoms with van der Waals surface area (Å²) in [6.45, 7) is 0. The smallest absolute Gasteiger partial charge is 0.278 e. The van der Waals surface area contributed by atoms with Gasteiger partial charge in [-0.3, -0.25) is 0 Å². The van der Waals surface area contributed by atoms with Gasteiger partial charge in [0.1, 0.15) is 0 Å². The Morgan fingerprint density at radius 2 is 1.80 bits per heavy atom. The second-order valence-corrected chi connectivity index (χ2v) is 4.22. The molecule has 0 aliphatic carbocycles. The highest BCUT2D eigenvalue weighted by atomic mass is 127. The van der Waals surface area contributed by atoms with Gasteiger partial charge < -0.3 is 9.32 Å². The molecule has 0 aliphatic rings. The Labute approximate surface area is 101 Å². The molecule has 1 heterocycles. The number of nitrogens with zero attached hydrogens (tertiary/aromatic N) is 3. The molecule has 0 saturated carbocycles. The third-order valence-electron chi connectivity index (χ3n) is 2.03. The van der Waals surface area contributed by atoms with Gasteiger partial charge in [0, 0.05) is 47.9 Å². The van der Waals surface area contributed by atoms with E-state index in [1.54, 1.807) is 0 Å². The van der Waals surface area contributed by atoms with E-state index >= 15 is 0 Å². The van der Waals surface area contributed by atoms with Crippen molar-refractivity contribution < 1.29 is 4.42 Å². The van der Waals surface area contributed by atoms with Gasteiger partial charge in [0.05, 0.1) is 0 Å². The highest BCUT2D eigenvalue weighted by Crippen LogP contribution is 2.21. The third-order valence-corrected chi connectivity index (χ3v) is 2.47. The van der Waals surface area contributed by atoms with Crippen molar-refractivity contribution in [2.24, 2.45) is 0 Å². The van der Waals surface area contributed by atoms with Gasteiger partial charge in [-0.25, -0.2) is 0 Å². The summed E-state index contributed by atoms with van der Waals surface area (Å²) in [5.41, 5.74) is 2.09. The fourth-order valence-electron chi connectivity index (χ4n) is 1.22. The van der Waals surface area contributed by atoms with Gasteiger partial charge in [-0.15, -0.1) is 10.2 Å². The molecule has 2 rings (SSSR count). The molecule has 78 valence electrons. The zero-order chi connectivity index (χ0) is 10.8. The van der Waals surface area contributed by atoms with Crippen LogP contribution in [0.1, 0.15) is 0 Å². The van der Waals surface area contributed by atoms with Crippen LogP contribution >= 0.6 is 22.6 Å². The highest BCUT2D eigenvalue weighted by Gasteiger charge is 2.06. The molecule has 4 nitrogen and oxygen atoms in total. The van der Waals surface area contributed by atoms with E-state index in [9.17, 15) is 0 Å². The van der Waals surface area contributed by atoms with Crippen molar-refractivity contribution in [3.63, 3.8) is 0 Å². The molecule has 0 N–H and O–H groups in total. The molecule has 5 heteroatoms. The molecule has 0 amide bonds. The highest BCUT2D eigenvalue weighted by molar-refractivity contribution is 14.1. The molecule has 1 aromatic carbocycles. The summed E-state index contributed by atoms with van der Waals surface area (Å²) in [6, 6.07) is 7.98. The van der Waals surface area contributed by atoms with Gasteiger partial charge in [-0.05, 0) is 24.3 Å². The largest absolute Gasteiger partial charge is 0.412 e. The number of aromatic nitrogens is 2. The minimum Gasteiger partial charge on any atom is -0.412 e. The van der Waals surface area contributed by atoms with Crippen molar-refractivity contribution in [1.82, 2.24) is 10.2 Å². The van der Waals surface area contributed by atoms with E-state index in [4.69, 9.17) is 4.42 Å². The third kappa shape index (κ3) is 2.28. The van der Waals surface area contributed by atoms with Crippen molar-refractivity contribution in [2.45, 2.75) is 0 Å². The summed E-state index contributed by atoms with van der Waals surface area (Å²) in [5, 5.41) is 7.73. The number of halogens is 1. The lowest BCUT2D eigenvalue weighted by atomic mass is 10.2. The quantitative estimate of drug-likeness (QED) is 0.798. The van der Waals surface area contributed by atoms with Crippen LogP contribution in [0.15, 0.2) is 28.7 Å². The van der Waals surface area contributed by atoms with Crippen molar-refractivity contribution in [1.29, 1.82) is 0 Å². The van der Waals surface area contributed by atoms with Crippen LogP contribution in [0, 0.1) is 3.90 Å². The lowest BCUT2D eigenvalue weighted by Crippen LogP contribution is -2.07. The summed E-state index contributed by atoms with van der Waals surface area (Å²) in [5.74, 6) is 0.560. The average molecular weight is 315 g/mol. The van der Waals surface area contributed by atoms with Crippen molar-refractivity contribution in [3.8, 4) is 11.5 Å². The monoisotopic (exact) mass is 315 g/mol. The molecule has 0 radical (unpaired) electrons. The fourth-order valence-corrected chi connectivity index (χ4v) is 1.54. The van der Waals surface area contributed by atoms with Crippen LogP contribution in [0.3, 0.4) is 0 Å². The first kappa shape index (κ1) is 10.4. The number of rotatable bonds is 2. The molecule has 0 unspecified atom stereocenters. The maximum Gasteiger partial charge on any atom is 0.278 e. The van der Waals surface area contributed by atoms with Crippen LogP contribution in [-0.4, -0.2) is 24.3 Å². The predicted molar refractivity (Wildman–Crippen MR) is 66.8 cm³/mol. The zero-order valence-corrected chi connectivity index (χ0v) is 10.6. The van der Waals surface area contributed by atoms with Crippen LogP contribution in [0.25, 0.3) is 11.5 Å². The molecule has 1 aromatic heterocycles. The number of hydrogen-bond donors (Lipinski definition) is 0. The maximum absolute atomic E-state index is 5.32. The van der Waals surface area contributed by atoms with Crippen LogP contribution in [0.5, 0.6) is 0 Å². The summed E-state index contributed by atoms with van der Waals surface area (Å²) >= 11 is 2.00. The van der Waals surface area contributed by atoms with Crippen molar-refractivity contribution in [2.75, 3.05) is 19.0 Å². The van der Waals surface area contributed by atoms with Crippen LogP contribution in [0.2, 0.25) is 0 Å². The lowest BCUT2D eigenvalue weighted by Gasteiger charge is -2.11. The average Bonchev–Trinajstić information content (AvgIpc) is 2.65. The Morgan fingerprint density at radius 3 is 2.27 bits per heavy atom. The topological polar surface area (TPSA) is 42.2 Å². The van der Waals surface area contributed by atoms with Crippen molar-refractivity contribution >= 4 is 28.3 Å². The second kappa shape index (κ2) is 4.18. The Kier molecular flexibility index (Phi) is 2.90. The Morgan fingerprint density at radius 1 is 1.13 bits per heavy atom. The van der Waals surface area contributed by atoms with Gasteiger partial charge in [-0.1, -0.05) is 0 Å². The first-order valence-corrected chi connectivity index (χ1v) is 5.51. The second-order valence-electron chi connectivity index (χ2n) is 3.30. The van der Waals surface area contributed by atoms with Gasteiger partial charge in [0.15, 0.2) is 0 Å². The molecule has 0 aliphatic heterocycles. The molecule has 0 atom stereocenters. The molecule has 0 spiro atoms. The van der Waals surface area contributed by atoms with E-state index in [0.29, 0.717) is 9.79 Å². The summed E-state index contributed by atoms with van der Waals surface area (Å²) in [4.78, 5) is 2.04. The van der Waals surface area contributed by atoms with Gasteiger partial charge in [-0.2, -0.15) is 0 Å². The van der Waals surface area contributed by atoms with Crippen molar-refractivity contribution in [3.05, 3.63) is 28.2 Å². The fraction of sp³-hybridized carbons (Fsp3) is 0.200. The summed E-state index contributed by atoms with van der Waals surface area (Å²) in [7, 11) is 4.01. The molecule has 0 fully saturated rings. The predicted octanol–water partition coefficient (Wildman–Crippen LogP) is 2.41. The van der Waals surface area contributed by atoms with Crippen LogP contribution in [-0.2, 0) is 0 Å². The van der Waals surface area contributed by atoms with Gasteiger partial charge in [0.2, 0.25) is 5.89 Å². The SMILES string of the molecule is CN(C)c1ccc(-c2nnc(I)o2)cc1. The summed E-state index contributed by atoms with van der Waals surface area (Å²) < 4.78 is 5.88. The Bertz CT molecular complexity index is 450. The van der Waals surface area contributed by atoms with E-state index in [2.05, 4.69) is 10.2 Å². The van der Waals surface area contributed by atoms with E-state index < -0.39 is 0 Å². The number of benzene rings is 1. The van der Waals surface area contributed by atoms with Gasteiger partial charge in [0.25, 0.3) is 3.90 Å². The lowest BCUT2D eigenvalue weighted by molar-refractivity contribution is 0.537. The molecule has 15 heavy (non-hydrogen) atoms. The molecule has 0 saturated heterocycles.